The SMILES string of the molecule is CO[C@@H]1C[C@@H]([C@H](C)Oc2nccc(-c3onc4c3CCC[C@@]43CCCc4sc(/N=C/N(C)C)c(C#N)c43)n2)N(C)C1. The van der Waals surface area contributed by atoms with Crippen molar-refractivity contribution in [2.45, 2.75) is 75.5 Å². The van der Waals surface area contributed by atoms with Crippen LogP contribution in [0, 0.1) is 11.3 Å². The molecule has 11 heteroatoms. The number of methoxy groups -OCH3 is 1. The highest BCUT2D eigenvalue weighted by molar-refractivity contribution is 7.16. The average Bonchev–Trinajstić information content (AvgIpc) is 3.67. The molecular formula is C30H37N7O3S. The van der Waals surface area contributed by atoms with Crippen molar-refractivity contribution in [3.63, 3.8) is 0 Å². The Bertz CT molecular complexity index is 1490. The number of aryl methyl sites for hydroxylation is 1. The molecule has 10 nitrogen and oxygen atoms in total. The van der Waals surface area contributed by atoms with E-state index in [0.717, 1.165) is 73.3 Å². The minimum atomic E-state index is -0.345. The standard InChI is InChI=1S/C30H37N7O3S/c1-18(23-14-19(38-5)16-37(23)4)39-29-32-13-10-22(34-29)26-20-8-6-11-30(27(20)35-40-26)12-7-9-24-25(30)21(15-31)28(41-24)33-17-36(2)3/h10,13,17-19,23H,6-9,11-12,14,16H2,1-5H3/b33-17+/t18-,19+,23-,30-/m0/s1. The first kappa shape index (κ1) is 27.8. The number of hydrogen-bond acceptors (Lipinski definition) is 10. The van der Waals surface area contributed by atoms with E-state index in [1.807, 2.05) is 25.1 Å². The minimum Gasteiger partial charge on any atom is -0.459 e. The average molecular weight is 576 g/mol. The Morgan fingerprint density at radius 2 is 2.12 bits per heavy atom. The van der Waals surface area contributed by atoms with Gasteiger partial charge in [0.15, 0.2) is 5.76 Å². The molecule has 1 spiro atoms. The van der Waals surface area contributed by atoms with Crippen LogP contribution in [0.15, 0.2) is 21.8 Å². The van der Waals surface area contributed by atoms with Crippen LogP contribution in [0.4, 0.5) is 5.00 Å². The Hall–Kier alpha value is -3.33. The van der Waals surface area contributed by atoms with Gasteiger partial charge < -0.3 is 18.9 Å². The Morgan fingerprint density at radius 1 is 1.32 bits per heavy atom. The molecule has 0 amide bonds. The largest absolute Gasteiger partial charge is 0.459 e. The normalized spacial score (nSPS) is 24.8. The number of aliphatic imine (C=N–C) groups is 1. The maximum Gasteiger partial charge on any atom is 0.317 e. The molecule has 1 aliphatic heterocycles. The third kappa shape index (κ3) is 4.92. The number of nitrogens with zero attached hydrogens (tertiary/aromatic N) is 7. The van der Waals surface area contributed by atoms with E-state index in [1.54, 1.807) is 31.0 Å². The topological polar surface area (TPSA) is 113 Å². The molecule has 0 radical (unpaired) electrons. The number of likely N-dealkylation sites (tertiary alicyclic amines) is 1. The Kier molecular flexibility index (Phi) is 7.57. The molecule has 6 rings (SSSR count). The van der Waals surface area contributed by atoms with Crippen molar-refractivity contribution in [1.29, 1.82) is 5.26 Å². The monoisotopic (exact) mass is 575 g/mol. The van der Waals surface area contributed by atoms with Crippen LogP contribution in [0.2, 0.25) is 0 Å². The van der Waals surface area contributed by atoms with E-state index in [-0.39, 0.29) is 23.7 Å². The van der Waals surface area contributed by atoms with Gasteiger partial charge in [0.1, 0.15) is 22.9 Å². The van der Waals surface area contributed by atoms with Crippen molar-refractivity contribution in [2.75, 3.05) is 34.8 Å². The van der Waals surface area contributed by atoms with E-state index in [2.05, 4.69) is 34.9 Å². The fourth-order valence-electron chi connectivity index (χ4n) is 6.95. The molecule has 0 bridgehead atoms. The number of fused-ring (bicyclic) bond motifs is 4. The second kappa shape index (κ2) is 11.2. The highest BCUT2D eigenvalue weighted by Crippen LogP contribution is 2.55. The van der Waals surface area contributed by atoms with Gasteiger partial charge in [-0.2, -0.15) is 10.2 Å². The molecule has 3 aromatic heterocycles. The summed E-state index contributed by atoms with van der Waals surface area (Å²) in [5, 5.41) is 15.8. The van der Waals surface area contributed by atoms with Crippen LogP contribution in [-0.4, -0.2) is 84.3 Å². The summed E-state index contributed by atoms with van der Waals surface area (Å²) in [5.74, 6) is 0.670. The van der Waals surface area contributed by atoms with Gasteiger partial charge in [-0.1, -0.05) is 5.16 Å². The molecule has 0 unspecified atom stereocenters. The van der Waals surface area contributed by atoms with E-state index < -0.39 is 0 Å². The van der Waals surface area contributed by atoms with Crippen molar-refractivity contribution in [3.05, 3.63) is 39.5 Å². The molecule has 1 saturated heterocycles. The zero-order valence-electron chi connectivity index (χ0n) is 24.4. The Morgan fingerprint density at radius 3 is 2.85 bits per heavy atom. The molecule has 216 valence electrons. The summed E-state index contributed by atoms with van der Waals surface area (Å²) in [4.78, 5) is 19.2. The number of nitriles is 1. The lowest BCUT2D eigenvalue weighted by atomic mass is 9.62. The molecule has 2 aliphatic carbocycles. The van der Waals surface area contributed by atoms with Gasteiger partial charge >= 0.3 is 6.01 Å². The van der Waals surface area contributed by atoms with Gasteiger partial charge in [-0.25, -0.2) is 9.98 Å². The smallest absolute Gasteiger partial charge is 0.317 e. The van der Waals surface area contributed by atoms with E-state index in [1.165, 1.54) is 4.88 Å². The Balaban J connectivity index is 1.33. The highest BCUT2D eigenvalue weighted by Gasteiger charge is 2.48. The predicted molar refractivity (Wildman–Crippen MR) is 157 cm³/mol. The van der Waals surface area contributed by atoms with Gasteiger partial charge in [0.25, 0.3) is 0 Å². The van der Waals surface area contributed by atoms with E-state index in [4.69, 9.17) is 24.1 Å². The zero-order valence-corrected chi connectivity index (χ0v) is 25.2. The summed E-state index contributed by atoms with van der Waals surface area (Å²) in [7, 11) is 7.72. The molecule has 3 aromatic rings. The first-order valence-corrected chi connectivity index (χ1v) is 15.1. The first-order valence-electron chi connectivity index (χ1n) is 14.3. The van der Waals surface area contributed by atoms with Crippen molar-refractivity contribution < 1.29 is 14.0 Å². The number of hydrogen-bond donors (Lipinski definition) is 0. The fourth-order valence-corrected chi connectivity index (χ4v) is 8.18. The maximum absolute atomic E-state index is 10.3. The van der Waals surface area contributed by atoms with Crippen molar-refractivity contribution >= 4 is 22.7 Å². The van der Waals surface area contributed by atoms with Crippen LogP contribution >= 0.6 is 11.3 Å². The summed E-state index contributed by atoms with van der Waals surface area (Å²) in [6.45, 7) is 2.94. The molecule has 0 N–H and O–H groups in total. The van der Waals surface area contributed by atoms with Crippen LogP contribution in [0.25, 0.3) is 11.5 Å². The third-order valence-electron chi connectivity index (χ3n) is 8.83. The number of ether oxygens (including phenoxy) is 2. The van der Waals surface area contributed by atoms with Gasteiger partial charge in [0.2, 0.25) is 0 Å². The van der Waals surface area contributed by atoms with Crippen LogP contribution in [0.5, 0.6) is 6.01 Å². The van der Waals surface area contributed by atoms with E-state index in [9.17, 15) is 5.26 Å². The van der Waals surface area contributed by atoms with Gasteiger partial charge in [-0.3, -0.25) is 4.90 Å². The van der Waals surface area contributed by atoms with Gasteiger partial charge in [0, 0.05) is 55.8 Å². The molecule has 4 heterocycles. The predicted octanol–water partition coefficient (Wildman–Crippen LogP) is 4.73. The van der Waals surface area contributed by atoms with Crippen LogP contribution in [0.3, 0.4) is 0 Å². The fraction of sp³-hybridized carbons (Fsp3) is 0.567. The third-order valence-corrected chi connectivity index (χ3v) is 9.99. The first-order chi connectivity index (χ1) is 19.8. The minimum absolute atomic E-state index is 0.102. The van der Waals surface area contributed by atoms with Crippen molar-refractivity contribution in [3.8, 4) is 23.5 Å². The van der Waals surface area contributed by atoms with Crippen LogP contribution in [-0.2, 0) is 23.0 Å². The summed E-state index contributed by atoms with van der Waals surface area (Å²) >= 11 is 1.64. The van der Waals surface area contributed by atoms with Crippen LogP contribution in [0.1, 0.15) is 66.3 Å². The molecule has 41 heavy (non-hydrogen) atoms. The van der Waals surface area contributed by atoms with Gasteiger partial charge in [-0.15, -0.1) is 11.3 Å². The number of likely N-dealkylation sites (N-methyl/N-ethyl adjacent to an activating group) is 1. The summed E-state index contributed by atoms with van der Waals surface area (Å²) < 4.78 is 17.9. The molecule has 0 aromatic carbocycles. The molecule has 0 saturated carbocycles. The molecular weight excluding hydrogens is 538 g/mol. The Labute approximate surface area is 245 Å². The van der Waals surface area contributed by atoms with Gasteiger partial charge in [-0.05, 0) is 70.5 Å². The lowest BCUT2D eigenvalue weighted by Gasteiger charge is -2.39. The van der Waals surface area contributed by atoms with Crippen LogP contribution < -0.4 is 4.74 Å². The summed E-state index contributed by atoms with van der Waals surface area (Å²) in [6.07, 6.45) is 10.2. The summed E-state index contributed by atoms with van der Waals surface area (Å²) in [5.41, 5.74) is 4.14. The summed E-state index contributed by atoms with van der Waals surface area (Å²) in [6, 6.07) is 4.90. The lowest BCUT2D eigenvalue weighted by Crippen LogP contribution is -2.38. The number of rotatable bonds is 7. The lowest BCUT2D eigenvalue weighted by molar-refractivity contribution is 0.106. The number of aromatic nitrogens is 3. The van der Waals surface area contributed by atoms with E-state index in [0.29, 0.717) is 23.0 Å². The van der Waals surface area contributed by atoms with Crippen molar-refractivity contribution in [2.24, 2.45) is 4.99 Å². The molecule has 4 atom stereocenters. The molecule has 1 fully saturated rings. The quantitative estimate of drug-likeness (QED) is 0.291. The highest BCUT2D eigenvalue weighted by atomic mass is 32.1. The van der Waals surface area contributed by atoms with E-state index >= 15 is 0 Å². The van der Waals surface area contributed by atoms with Crippen molar-refractivity contribution in [1.82, 2.24) is 24.9 Å². The maximum atomic E-state index is 10.3. The van der Waals surface area contributed by atoms with Gasteiger partial charge in [0.05, 0.1) is 23.7 Å². The zero-order chi connectivity index (χ0) is 28.7. The molecule has 3 aliphatic rings. The number of thiophene rings is 1. The second-order valence-electron chi connectivity index (χ2n) is 11.7. The second-order valence-corrected chi connectivity index (χ2v) is 12.8.